The lowest BCUT2D eigenvalue weighted by Crippen LogP contribution is -2.50. The smallest absolute Gasteiger partial charge is 0.373 e. The molecule has 0 aliphatic rings. The zero-order valence-corrected chi connectivity index (χ0v) is 17.2. The van der Waals surface area contributed by atoms with Gasteiger partial charge < -0.3 is 5.32 Å². The van der Waals surface area contributed by atoms with Crippen LogP contribution in [0.15, 0.2) is 34.8 Å². The normalized spacial score (nSPS) is 13.2. The molecule has 0 atom stereocenters. The van der Waals surface area contributed by atoms with Crippen molar-refractivity contribution < 1.29 is 48.7 Å². The van der Waals surface area contributed by atoms with Crippen molar-refractivity contribution in [1.82, 2.24) is 4.98 Å². The van der Waals surface area contributed by atoms with Crippen LogP contribution < -0.4 is 5.32 Å². The number of carbonyl (C=O) groups excluding carboxylic acids is 1. The molecule has 0 spiro atoms. The van der Waals surface area contributed by atoms with Crippen LogP contribution in [0.5, 0.6) is 0 Å². The third-order valence-electron chi connectivity index (χ3n) is 4.31. The number of nitrogens with one attached hydrogen (secondary N) is 1. The van der Waals surface area contributed by atoms with E-state index in [2.05, 4.69) is 26.2 Å². The zero-order chi connectivity index (χ0) is 24.7. The first-order valence-electron chi connectivity index (χ1n) is 8.34. The highest BCUT2D eigenvalue weighted by Crippen LogP contribution is 2.54. The molecule has 1 aromatic heterocycles. The van der Waals surface area contributed by atoms with Crippen molar-refractivity contribution in [1.29, 1.82) is 0 Å². The average Bonchev–Trinajstić information content (AvgIpc) is 2.65. The first-order valence-corrected chi connectivity index (χ1v) is 9.13. The van der Waals surface area contributed by atoms with Crippen LogP contribution in [-0.4, -0.2) is 30.2 Å². The van der Waals surface area contributed by atoms with Crippen LogP contribution in [0.3, 0.4) is 0 Å². The molecule has 14 heteroatoms. The lowest BCUT2D eigenvalue weighted by molar-refractivity contribution is -0.348. The number of pyridine rings is 1. The first kappa shape index (κ1) is 25.9. The largest absolute Gasteiger partial charge is 0.435 e. The standard InChI is InChI=1S/C18H11BrF10N2O/c1-30-14-4-2-3-12(31-14)13(32)7-9-10(16(21,22)23)5-8(6-11(9)19)15(20,17(24,25)26)18(27,28)29/h2-6H,7H2,1H3,(H,30,31). The molecular weight excluding hydrogens is 530 g/mol. The predicted octanol–water partition coefficient (Wildman–Crippen LogP) is 6.62. The van der Waals surface area contributed by atoms with Crippen molar-refractivity contribution in [2.75, 3.05) is 12.4 Å². The molecule has 0 saturated heterocycles. The second kappa shape index (κ2) is 8.52. The fourth-order valence-corrected chi connectivity index (χ4v) is 3.34. The van der Waals surface area contributed by atoms with Gasteiger partial charge in [-0.15, -0.1) is 0 Å². The molecule has 32 heavy (non-hydrogen) atoms. The number of rotatable bonds is 5. The topological polar surface area (TPSA) is 42.0 Å². The number of nitrogens with zero attached hydrogens (tertiary/aromatic N) is 1. The minimum atomic E-state index is -6.61. The summed E-state index contributed by atoms with van der Waals surface area (Å²) in [6.07, 6.45) is -19.8. The van der Waals surface area contributed by atoms with Crippen LogP contribution in [0.25, 0.3) is 0 Å². The van der Waals surface area contributed by atoms with Gasteiger partial charge in [0.15, 0.2) is 5.78 Å². The Kier molecular flexibility index (Phi) is 6.89. The van der Waals surface area contributed by atoms with Crippen molar-refractivity contribution >= 4 is 27.5 Å². The fraction of sp³-hybridized carbons (Fsp3) is 0.333. The molecule has 1 heterocycles. The van der Waals surface area contributed by atoms with E-state index in [1.807, 2.05) is 0 Å². The number of hydrogen-bond acceptors (Lipinski definition) is 3. The van der Waals surface area contributed by atoms with Gasteiger partial charge in [-0.1, -0.05) is 22.0 Å². The predicted molar refractivity (Wildman–Crippen MR) is 95.9 cm³/mol. The molecule has 0 unspecified atom stereocenters. The van der Waals surface area contributed by atoms with E-state index in [0.29, 0.717) is 0 Å². The summed E-state index contributed by atoms with van der Waals surface area (Å²) in [7, 11) is 1.44. The van der Waals surface area contributed by atoms with Crippen LogP contribution in [0.1, 0.15) is 27.2 Å². The molecule has 3 nitrogen and oxygen atoms in total. The lowest BCUT2D eigenvalue weighted by Gasteiger charge is -2.31. The molecule has 1 N–H and O–H groups in total. The summed E-state index contributed by atoms with van der Waals surface area (Å²) >= 11 is 2.46. The third-order valence-corrected chi connectivity index (χ3v) is 5.02. The van der Waals surface area contributed by atoms with Crippen LogP contribution in [0.2, 0.25) is 0 Å². The fourth-order valence-electron chi connectivity index (χ4n) is 2.74. The van der Waals surface area contributed by atoms with Crippen LogP contribution in [0.4, 0.5) is 49.7 Å². The maximum Gasteiger partial charge on any atom is 0.435 e. The first-order chi connectivity index (χ1) is 14.4. The van der Waals surface area contributed by atoms with Gasteiger partial charge in [0.05, 0.1) is 5.56 Å². The van der Waals surface area contributed by atoms with Crippen molar-refractivity contribution in [2.45, 2.75) is 30.6 Å². The van der Waals surface area contributed by atoms with E-state index in [1.165, 1.54) is 19.2 Å². The molecule has 1 aromatic carbocycles. The summed E-state index contributed by atoms with van der Waals surface area (Å²) in [4.78, 5) is 16.2. The molecular formula is C18H11BrF10N2O. The maximum absolute atomic E-state index is 14.3. The van der Waals surface area contributed by atoms with Gasteiger partial charge in [-0.25, -0.2) is 9.37 Å². The Labute approximate surface area is 181 Å². The summed E-state index contributed by atoms with van der Waals surface area (Å²) in [6.45, 7) is 0. The summed E-state index contributed by atoms with van der Waals surface area (Å²) in [5.41, 5.74) is -11.7. The molecule has 0 radical (unpaired) electrons. The molecule has 0 aliphatic carbocycles. The second-order valence-electron chi connectivity index (χ2n) is 6.39. The van der Waals surface area contributed by atoms with E-state index in [9.17, 15) is 48.7 Å². The molecule has 176 valence electrons. The number of aromatic nitrogens is 1. The van der Waals surface area contributed by atoms with E-state index < -0.39 is 63.6 Å². The number of carbonyl (C=O) groups is 1. The monoisotopic (exact) mass is 540 g/mol. The highest BCUT2D eigenvalue weighted by molar-refractivity contribution is 9.10. The van der Waals surface area contributed by atoms with Crippen LogP contribution in [0, 0.1) is 0 Å². The number of ketones is 1. The number of halogens is 11. The minimum absolute atomic E-state index is 0.0731. The van der Waals surface area contributed by atoms with E-state index in [4.69, 9.17) is 0 Å². The molecule has 0 fully saturated rings. The number of anilines is 1. The quantitative estimate of drug-likeness (QED) is 0.342. The van der Waals surface area contributed by atoms with E-state index in [0.717, 1.165) is 6.07 Å². The highest BCUT2D eigenvalue weighted by Gasteiger charge is 2.73. The molecule has 2 rings (SSSR count). The number of Topliss-reactive ketones (excluding diaryl/α,β-unsaturated/α-hetero) is 1. The van der Waals surface area contributed by atoms with Gasteiger partial charge in [0.2, 0.25) is 0 Å². The summed E-state index contributed by atoms with van der Waals surface area (Å²) in [5.74, 6) is -0.835. The highest BCUT2D eigenvalue weighted by atomic mass is 79.9. The Morgan fingerprint density at radius 2 is 1.53 bits per heavy atom. The SMILES string of the molecule is CNc1cccc(C(=O)Cc2c(Br)cc(C(F)(C(F)(F)F)C(F)(F)F)cc2C(F)(F)F)n1. The summed E-state index contributed by atoms with van der Waals surface area (Å²) in [6, 6.07) is 3.26. The Balaban J connectivity index is 2.68. The average molecular weight is 541 g/mol. The van der Waals surface area contributed by atoms with Crippen LogP contribution in [-0.2, 0) is 18.3 Å². The third kappa shape index (κ3) is 4.84. The number of alkyl halides is 10. The molecule has 0 bridgehead atoms. The summed E-state index contributed by atoms with van der Waals surface area (Å²) in [5, 5.41) is 2.58. The molecule has 2 aromatic rings. The Bertz CT molecular complexity index is 1000. The Hall–Kier alpha value is -2.38. The van der Waals surface area contributed by atoms with Gasteiger partial charge in [0, 0.05) is 23.5 Å². The van der Waals surface area contributed by atoms with Gasteiger partial charge in [0.1, 0.15) is 11.5 Å². The van der Waals surface area contributed by atoms with Crippen molar-refractivity contribution in [3.8, 4) is 0 Å². The molecule has 0 aliphatic heterocycles. The van der Waals surface area contributed by atoms with Gasteiger partial charge in [-0.3, -0.25) is 4.79 Å². The zero-order valence-electron chi connectivity index (χ0n) is 15.6. The minimum Gasteiger partial charge on any atom is -0.373 e. The van der Waals surface area contributed by atoms with Crippen molar-refractivity contribution in [2.24, 2.45) is 0 Å². The second-order valence-corrected chi connectivity index (χ2v) is 7.25. The van der Waals surface area contributed by atoms with Gasteiger partial charge in [0.25, 0.3) is 0 Å². The lowest BCUT2D eigenvalue weighted by atomic mass is 9.89. The number of hydrogen-bond donors (Lipinski definition) is 1. The summed E-state index contributed by atoms with van der Waals surface area (Å²) < 4.78 is 132. The van der Waals surface area contributed by atoms with E-state index >= 15 is 0 Å². The molecule has 0 saturated carbocycles. The van der Waals surface area contributed by atoms with Crippen LogP contribution >= 0.6 is 15.9 Å². The van der Waals surface area contributed by atoms with Gasteiger partial charge >= 0.3 is 24.2 Å². The van der Waals surface area contributed by atoms with Gasteiger partial charge in [-0.2, -0.15) is 39.5 Å². The van der Waals surface area contributed by atoms with Gasteiger partial charge in [-0.05, 0) is 29.8 Å². The van der Waals surface area contributed by atoms with E-state index in [1.54, 1.807) is 0 Å². The molecule has 0 amide bonds. The number of benzene rings is 1. The maximum atomic E-state index is 14.3. The van der Waals surface area contributed by atoms with Crippen molar-refractivity contribution in [3.63, 3.8) is 0 Å². The van der Waals surface area contributed by atoms with Crippen molar-refractivity contribution in [3.05, 3.63) is 57.2 Å². The Morgan fingerprint density at radius 1 is 0.969 bits per heavy atom. The van der Waals surface area contributed by atoms with E-state index in [-0.39, 0.29) is 17.6 Å². The Morgan fingerprint density at radius 3 is 2.00 bits per heavy atom.